The van der Waals surface area contributed by atoms with Crippen molar-refractivity contribution in [2.24, 2.45) is 0 Å². The van der Waals surface area contributed by atoms with E-state index < -0.39 is 5.41 Å². The molecule has 21 heavy (non-hydrogen) atoms. The van der Waals surface area contributed by atoms with E-state index in [4.69, 9.17) is 0 Å². The smallest absolute Gasteiger partial charge is 0.234 e. The number of rotatable bonds is 2. The first-order valence-corrected chi connectivity index (χ1v) is 7.74. The fraction of sp³-hybridized carbons (Fsp3) is 0.176. The Morgan fingerprint density at radius 3 is 2.52 bits per heavy atom. The van der Waals surface area contributed by atoms with Crippen LogP contribution in [0, 0.1) is 3.57 Å². The third kappa shape index (κ3) is 2.37. The fourth-order valence-corrected chi connectivity index (χ4v) is 3.05. The van der Waals surface area contributed by atoms with Crippen LogP contribution in [0.15, 0.2) is 42.5 Å². The first-order valence-electron chi connectivity index (χ1n) is 6.66. The second-order valence-corrected chi connectivity index (χ2v) is 6.92. The monoisotopic (exact) mass is 391 g/mol. The zero-order valence-corrected chi connectivity index (χ0v) is 13.9. The number of anilines is 1. The summed E-state index contributed by atoms with van der Waals surface area (Å²) >= 11 is 2.19. The number of carbonyl (C=O) groups excluding carboxylic acids is 2. The molecule has 4 heteroatoms. The minimum atomic E-state index is -0.600. The molecule has 0 aliphatic carbocycles. The number of hydrogen-bond donors (Lipinski definition) is 1. The van der Waals surface area contributed by atoms with Gasteiger partial charge in [0.25, 0.3) is 0 Å². The van der Waals surface area contributed by atoms with E-state index in [9.17, 15) is 9.59 Å². The molecule has 3 nitrogen and oxygen atoms in total. The van der Waals surface area contributed by atoms with Crippen LogP contribution in [0.4, 0.5) is 5.69 Å². The van der Waals surface area contributed by atoms with Crippen LogP contribution in [0.1, 0.15) is 35.3 Å². The Bertz CT molecular complexity index is 765. The molecule has 1 heterocycles. The van der Waals surface area contributed by atoms with Gasteiger partial charge in [-0.3, -0.25) is 9.59 Å². The highest BCUT2D eigenvalue weighted by Crippen LogP contribution is 2.37. The summed E-state index contributed by atoms with van der Waals surface area (Å²) in [7, 11) is 0. The van der Waals surface area contributed by atoms with Crippen molar-refractivity contribution < 1.29 is 9.59 Å². The topological polar surface area (TPSA) is 46.2 Å². The molecule has 1 amide bonds. The molecular weight excluding hydrogens is 377 g/mol. The van der Waals surface area contributed by atoms with E-state index in [2.05, 4.69) is 27.9 Å². The summed E-state index contributed by atoms with van der Waals surface area (Å²) in [6.45, 7) is 3.74. The number of benzene rings is 2. The van der Waals surface area contributed by atoms with Gasteiger partial charge in [0.1, 0.15) is 0 Å². The Balaban J connectivity index is 2.04. The Morgan fingerprint density at radius 2 is 1.81 bits per heavy atom. The van der Waals surface area contributed by atoms with E-state index in [1.807, 2.05) is 50.2 Å². The van der Waals surface area contributed by atoms with E-state index >= 15 is 0 Å². The number of amides is 1. The number of hydrogen-bond acceptors (Lipinski definition) is 2. The van der Waals surface area contributed by atoms with Crippen LogP contribution in [0.25, 0.3) is 0 Å². The zero-order chi connectivity index (χ0) is 15.2. The second-order valence-electron chi connectivity index (χ2n) is 5.68. The minimum Gasteiger partial charge on any atom is -0.325 e. The molecule has 0 radical (unpaired) electrons. The standard InChI is InChI=1S/C17H14INO2/c1-17(2)13-9-11(6-7-14(13)19-16(17)21)15(20)10-4-3-5-12(18)8-10/h3-9H,1-2H3,(H,19,21). The van der Waals surface area contributed by atoms with Gasteiger partial charge in [0.2, 0.25) is 5.91 Å². The molecule has 0 saturated heterocycles. The van der Waals surface area contributed by atoms with Crippen molar-refractivity contribution in [2.45, 2.75) is 19.3 Å². The summed E-state index contributed by atoms with van der Waals surface area (Å²) in [5.74, 6) is -0.0529. The fourth-order valence-electron chi connectivity index (χ4n) is 2.51. The van der Waals surface area contributed by atoms with Crippen LogP contribution in [-0.4, -0.2) is 11.7 Å². The van der Waals surface area contributed by atoms with Gasteiger partial charge in [-0.1, -0.05) is 12.1 Å². The normalized spacial score (nSPS) is 15.5. The quantitative estimate of drug-likeness (QED) is 0.626. The molecule has 1 aliphatic heterocycles. The van der Waals surface area contributed by atoms with Gasteiger partial charge in [0, 0.05) is 20.4 Å². The highest BCUT2D eigenvalue weighted by atomic mass is 127. The lowest BCUT2D eigenvalue weighted by Gasteiger charge is -2.15. The molecular formula is C17H14INO2. The van der Waals surface area contributed by atoms with Crippen molar-refractivity contribution in [1.82, 2.24) is 0 Å². The summed E-state index contributed by atoms with van der Waals surface area (Å²) in [5.41, 5.74) is 2.35. The van der Waals surface area contributed by atoms with Gasteiger partial charge in [0.15, 0.2) is 5.78 Å². The number of carbonyl (C=O) groups is 2. The number of fused-ring (bicyclic) bond motifs is 1. The molecule has 1 N–H and O–H groups in total. The van der Waals surface area contributed by atoms with Gasteiger partial charge < -0.3 is 5.32 Å². The van der Waals surface area contributed by atoms with E-state index in [1.54, 1.807) is 6.07 Å². The Morgan fingerprint density at radius 1 is 1.10 bits per heavy atom. The molecule has 0 atom stereocenters. The predicted octanol–water partition coefficient (Wildman–Crippen LogP) is 3.75. The molecule has 0 unspecified atom stereocenters. The lowest BCUT2D eigenvalue weighted by molar-refractivity contribution is -0.119. The van der Waals surface area contributed by atoms with Gasteiger partial charge >= 0.3 is 0 Å². The van der Waals surface area contributed by atoms with Gasteiger partial charge in [-0.15, -0.1) is 0 Å². The lowest BCUT2D eigenvalue weighted by Crippen LogP contribution is -2.27. The van der Waals surface area contributed by atoms with Crippen molar-refractivity contribution in [3.63, 3.8) is 0 Å². The average Bonchev–Trinajstić information content (AvgIpc) is 2.68. The maximum Gasteiger partial charge on any atom is 0.234 e. The van der Waals surface area contributed by atoms with Crippen molar-refractivity contribution in [2.75, 3.05) is 5.32 Å². The van der Waals surface area contributed by atoms with Crippen LogP contribution >= 0.6 is 22.6 Å². The third-order valence-electron chi connectivity index (χ3n) is 3.86. The third-order valence-corrected chi connectivity index (χ3v) is 4.53. The summed E-state index contributed by atoms with van der Waals surface area (Å²) < 4.78 is 1.02. The summed E-state index contributed by atoms with van der Waals surface area (Å²) in [6, 6.07) is 12.9. The Hall–Kier alpha value is -1.69. The largest absolute Gasteiger partial charge is 0.325 e. The maximum absolute atomic E-state index is 12.6. The summed E-state index contributed by atoms with van der Waals surface area (Å²) in [4.78, 5) is 24.5. The van der Waals surface area contributed by atoms with E-state index in [0.717, 1.165) is 14.8 Å². The van der Waals surface area contributed by atoms with Crippen molar-refractivity contribution in [3.8, 4) is 0 Å². The van der Waals surface area contributed by atoms with Crippen LogP contribution in [0.5, 0.6) is 0 Å². The van der Waals surface area contributed by atoms with Crippen molar-refractivity contribution in [1.29, 1.82) is 0 Å². The van der Waals surface area contributed by atoms with E-state index in [-0.39, 0.29) is 11.7 Å². The number of halogens is 1. The Kier molecular flexibility index (Phi) is 3.36. The number of ketones is 1. The van der Waals surface area contributed by atoms with Gasteiger partial charge in [-0.2, -0.15) is 0 Å². The molecule has 0 spiro atoms. The van der Waals surface area contributed by atoms with Crippen molar-refractivity contribution in [3.05, 3.63) is 62.7 Å². The summed E-state index contributed by atoms with van der Waals surface area (Å²) in [5, 5.41) is 2.85. The SMILES string of the molecule is CC1(C)C(=O)Nc2ccc(C(=O)c3cccc(I)c3)cc21. The molecule has 3 rings (SSSR count). The molecule has 2 aromatic carbocycles. The predicted molar refractivity (Wildman–Crippen MR) is 90.7 cm³/mol. The van der Waals surface area contributed by atoms with Crippen LogP contribution in [0.2, 0.25) is 0 Å². The van der Waals surface area contributed by atoms with Crippen molar-refractivity contribution >= 4 is 40.0 Å². The van der Waals surface area contributed by atoms with Gasteiger partial charge in [-0.05, 0) is 72.3 Å². The second kappa shape index (κ2) is 4.94. The summed E-state index contributed by atoms with van der Waals surface area (Å²) in [6.07, 6.45) is 0. The van der Waals surface area contributed by atoms with Gasteiger partial charge in [-0.25, -0.2) is 0 Å². The molecule has 0 saturated carbocycles. The highest BCUT2D eigenvalue weighted by Gasteiger charge is 2.38. The van der Waals surface area contributed by atoms with E-state index in [0.29, 0.717) is 11.1 Å². The first-order chi connectivity index (χ1) is 9.89. The lowest BCUT2D eigenvalue weighted by atomic mass is 9.84. The maximum atomic E-state index is 12.6. The first kappa shape index (κ1) is 14.3. The molecule has 0 aromatic heterocycles. The molecule has 106 valence electrons. The zero-order valence-electron chi connectivity index (χ0n) is 11.7. The van der Waals surface area contributed by atoms with E-state index in [1.165, 1.54) is 0 Å². The minimum absolute atomic E-state index is 0.0218. The average molecular weight is 391 g/mol. The van der Waals surface area contributed by atoms with Crippen LogP contribution < -0.4 is 5.32 Å². The highest BCUT2D eigenvalue weighted by molar-refractivity contribution is 14.1. The number of nitrogens with one attached hydrogen (secondary N) is 1. The Labute approximate surface area is 136 Å². The van der Waals surface area contributed by atoms with Crippen LogP contribution in [0.3, 0.4) is 0 Å². The molecule has 1 aliphatic rings. The molecule has 0 fully saturated rings. The molecule has 2 aromatic rings. The van der Waals surface area contributed by atoms with Crippen LogP contribution in [-0.2, 0) is 10.2 Å². The molecule has 0 bridgehead atoms. The van der Waals surface area contributed by atoms with Gasteiger partial charge in [0.05, 0.1) is 5.41 Å².